The molecule has 0 atom stereocenters. The molecule has 3 aromatic rings. The average molecular weight is 228 g/mol. The topological polar surface area (TPSA) is 105 Å². The summed E-state index contributed by atoms with van der Waals surface area (Å²) in [5.74, 6) is -0.778. The van der Waals surface area contributed by atoms with E-state index in [1.807, 2.05) is 0 Å². The monoisotopic (exact) mass is 228 g/mol. The second kappa shape index (κ2) is 3.18. The Balaban J connectivity index is 2.41. The molecule has 2 heterocycles. The first-order valence-corrected chi connectivity index (χ1v) is 4.92. The van der Waals surface area contributed by atoms with Crippen LogP contribution in [0.4, 0.5) is 5.95 Å². The molecule has 0 aliphatic heterocycles. The molecule has 1 aromatic carbocycles. The van der Waals surface area contributed by atoms with Crippen molar-refractivity contribution in [1.29, 1.82) is 0 Å². The van der Waals surface area contributed by atoms with Gasteiger partial charge in [0.25, 0.3) is 0 Å². The number of aromatic amines is 1. The van der Waals surface area contributed by atoms with Crippen LogP contribution in [0.2, 0.25) is 0 Å². The van der Waals surface area contributed by atoms with Gasteiger partial charge >= 0.3 is 5.97 Å². The molecule has 0 fully saturated rings. The van der Waals surface area contributed by atoms with Gasteiger partial charge in [0.15, 0.2) is 0 Å². The van der Waals surface area contributed by atoms with Gasteiger partial charge in [0, 0.05) is 22.5 Å². The van der Waals surface area contributed by atoms with E-state index in [4.69, 9.17) is 10.8 Å². The lowest BCUT2D eigenvalue weighted by Gasteiger charge is -1.94. The number of nitrogens with two attached hydrogens (primary N) is 1. The van der Waals surface area contributed by atoms with Crippen LogP contribution in [0.25, 0.3) is 21.9 Å². The van der Waals surface area contributed by atoms with E-state index in [1.54, 1.807) is 18.3 Å². The molecule has 4 N–H and O–H groups in total. The molecule has 84 valence electrons. The predicted molar refractivity (Wildman–Crippen MR) is 62.8 cm³/mol. The number of anilines is 1. The van der Waals surface area contributed by atoms with Crippen molar-refractivity contribution in [2.45, 2.75) is 0 Å². The fourth-order valence-electron chi connectivity index (χ4n) is 1.82. The van der Waals surface area contributed by atoms with Gasteiger partial charge < -0.3 is 15.8 Å². The average Bonchev–Trinajstić information content (AvgIpc) is 2.64. The zero-order chi connectivity index (χ0) is 12.0. The summed E-state index contributed by atoms with van der Waals surface area (Å²) in [7, 11) is 0. The first kappa shape index (κ1) is 9.59. The number of nitrogens with zero attached hydrogens (tertiary/aromatic N) is 2. The van der Waals surface area contributed by atoms with E-state index < -0.39 is 5.97 Å². The van der Waals surface area contributed by atoms with E-state index in [-0.39, 0.29) is 11.5 Å². The van der Waals surface area contributed by atoms with Gasteiger partial charge in [0.1, 0.15) is 5.65 Å². The highest BCUT2D eigenvalue weighted by Gasteiger charge is 2.09. The molecule has 0 radical (unpaired) electrons. The van der Waals surface area contributed by atoms with Gasteiger partial charge in [0.2, 0.25) is 5.95 Å². The van der Waals surface area contributed by atoms with Gasteiger partial charge in [-0.3, -0.25) is 0 Å². The second-order valence-corrected chi connectivity index (χ2v) is 3.68. The maximum absolute atomic E-state index is 10.9. The van der Waals surface area contributed by atoms with Gasteiger partial charge in [-0.15, -0.1) is 0 Å². The SMILES string of the molecule is Nc1ncc2c(n1)[nH]c1ccc(C(=O)O)cc12. The summed E-state index contributed by atoms with van der Waals surface area (Å²) < 4.78 is 0. The number of fused-ring (bicyclic) bond motifs is 3. The predicted octanol–water partition coefficient (Wildman–Crippen LogP) is 1.39. The fraction of sp³-hybridized carbons (Fsp3) is 0. The highest BCUT2D eigenvalue weighted by Crippen LogP contribution is 2.24. The van der Waals surface area contributed by atoms with Gasteiger partial charge in [-0.25, -0.2) is 9.78 Å². The van der Waals surface area contributed by atoms with Crippen molar-refractivity contribution in [2.24, 2.45) is 0 Å². The number of H-pyrrole nitrogens is 1. The van der Waals surface area contributed by atoms with Crippen LogP contribution in [0.15, 0.2) is 24.4 Å². The Morgan fingerprint density at radius 1 is 1.35 bits per heavy atom. The Labute approximate surface area is 95.1 Å². The molecule has 0 unspecified atom stereocenters. The van der Waals surface area contributed by atoms with E-state index in [0.29, 0.717) is 5.65 Å². The van der Waals surface area contributed by atoms with E-state index in [1.165, 1.54) is 6.07 Å². The van der Waals surface area contributed by atoms with Crippen LogP contribution in [0.1, 0.15) is 10.4 Å². The standard InChI is InChI=1S/C11H8N4O2/c12-11-13-4-7-6-3-5(10(16)17)1-2-8(6)14-9(7)15-11/h1-4H,(H,16,17)(H3,12,13,14,15). The summed E-state index contributed by atoms with van der Waals surface area (Å²) in [5.41, 5.74) is 7.14. The fourth-order valence-corrected chi connectivity index (χ4v) is 1.82. The van der Waals surface area contributed by atoms with Crippen molar-refractivity contribution in [1.82, 2.24) is 15.0 Å². The maximum Gasteiger partial charge on any atom is 0.335 e. The van der Waals surface area contributed by atoms with Crippen molar-refractivity contribution < 1.29 is 9.90 Å². The molecule has 17 heavy (non-hydrogen) atoms. The van der Waals surface area contributed by atoms with Crippen LogP contribution >= 0.6 is 0 Å². The highest BCUT2D eigenvalue weighted by atomic mass is 16.4. The third kappa shape index (κ3) is 1.38. The Kier molecular flexibility index (Phi) is 1.79. The first-order chi connectivity index (χ1) is 8.15. The molecule has 0 aliphatic carbocycles. The maximum atomic E-state index is 10.9. The van der Waals surface area contributed by atoms with E-state index in [9.17, 15) is 4.79 Å². The molecule has 0 saturated carbocycles. The van der Waals surface area contributed by atoms with Crippen molar-refractivity contribution in [3.05, 3.63) is 30.0 Å². The number of carboxylic acid groups (broad SMARTS) is 1. The Morgan fingerprint density at radius 2 is 2.18 bits per heavy atom. The minimum atomic E-state index is -0.961. The van der Waals surface area contributed by atoms with Gasteiger partial charge in [0.05, 0.1) is 5.56 Å². The molecule has 6 heteroatoms. The molecule has 3 rings (SSSR count). The summed E-state index contributed by atoms with van der Waals surface area (Å²) in [4.78, 5) is 21.9. The molecule has 0 amide bonds. The van der Waals surface area contributed by atoms with Crippen molar-refractivity contribution in [2.75, 3.05) is 5.73 Å². The van der Waals surface area contributed by atoms with Crippen LogP contribution in [-0.2, 0) is 0 Å². The number of benzene rings is 1. The summed E-state index contributed by atoms with van der Waals surface area (Å²) in [6.45, 7) is 0. The smallest absolute Gasteiger partial charge is 0.335 e. The third-order valence-electron chi connectivity index (χ3n) is 2.62. The lowest BCUT2D eigenvalue weighted by molar-refractivity contribution is 0.0697. The molecular weight excluding hydrogens is 220 g/mol. The third-order valence-corrected chi connectivity index (χ3v) is 2.62. The lowest BCUT2D eigenvalue weighted by atomic mass is 10.1. The van der Waals surface area contributed by atoms with E-state index >= 15 is 0 Å². The molecular formula is C11H8N4O2. The number of aromatic carboxylic acids is 1. The number of nitrogen functional groups attached to an aromatic ring is 1. The van der Waals surface area contributed by atoms with Gasteiger partial charge in [-0.1, -0.05) is 0 Å². The van der Waals surface area contributed by atoms with Crippen LogP contribution in [-0.4, -0.2) is 26.0 Å². The largest absolute Gasteiger partial charge is 0.478 e. The van der Waals surface area contributed by atoms with Crippen LogP contribution in [0.3, 0.4) is 0 Å². The number of hydrogen-bond acceptors (Lipinski definition) is 4. The first-order valence-electron chi connectivity index (χ1n) is 4.92. The minimum absolute atomic E-state index is 0.183. The Hall–Kier alpha value is -2.63. The Morgan fingerprint density at radius 3 is 2.94 bits per heavy atom. The lowest BCUT2D eigenvalue weighted by Crippen LogP contribution is -1.94. The molecule has 0 aliphatic rings. The number of hydrogen-bond donors (Lipinski definition) is 3. The highest BCUT2D eigenvalue weighted by molar-refractivity contribution is 6.08. The zero-order valence-corrected chi connectivity index (χ0v) is 8.64. The van der Waals surface area contributed by atoms with Crippen molar-refractivity contribution in [3.63, 3.8) is 0 Å². The normalized spacial score (nSPS) is 11.1. The number of carbonyl (C=O) groups is 1. The Bertz CT molecular complexity index is 748. The molecule has 2 aromatic heterocycles. The van der Waals surface area contributed by atoms with Crippen molar-refractivity contribution >= 4 is 33.9 Å². The molecule has 0 spiro atoms. The minimum Gasteiger partial charge on any atom is -0.478 e. The summed E-state index contributed by atoms with van der Waals surface area (Å²) in [5, 5.41) is 10.5. The molecule has 0 saturated heterocycles. The summed E-state index contributed by atoms with van der Waals surface area (Å²) in [6, 6.07) is 4.84. The number of nitrogens with one attached hydrogen (secondary N) is 1. The van der Waals surface area contributed by atoms with E-state index in [0.717, 1.165) is 16.3 Å². The molecule has 0 bridgehead atoms. The van der Waals surface area contributed by atoms with Crippen LogP contribution < -0.4 is 5.73 Å². The second-order valence-electron chi connectivity index (χ2n) is 3.68. The number of rotatable bonds is 1. The van der Waals surface area contributed by atoms with Gasteiger partial charge in [-0.05, 0) is 18.2 Å². The number of carboxylic acids is 1. The summed E-state index contributed by atoms with van der Waals surface area (Å²) >= 11 is 0. The van der Waals surface area contributed by atoms with Gasteiger partial charge in [-0.2, -0.15) is 4.98 Å². The van der Waals surface area contributed by atoms with E-state index in [2.05, 4.69) is 15.0 Å². The number of aromatic nitrogens is 3. The quantitative estimate of drug-likeness (QED) is 0.583. The van der Waals surface area contributed by atoms with Crippen LogP contribution in [0, 0.1) is 0 Å². The summed E-state index contributed by atoms with van der Waals surface area (Å²) in [6.07, 6.45) is 1.59. The molecule has 6 nitrogen and oxygen atoms in total. The van der Waals surface area contributed by atoms with Crippen molar-refractivity contribution in [3.8, 4) is 0 Å². The zero-order valence-electron chi connectivity index (χ0n) is 8.64. The van der Waals surface area contributed by atoms with Crippen LogP contribution in [0.5, 0.6) is 0 Å².